The number of anilines is 2. The number of hydrogen-bond acceptors (Lipinski definition) is 3. The number of hydrogen-bond donors (Lipinski definition) is 0. The van der Waals surface area contributed by atoms with Crippen LogP contribution in [0.15, 0.2) is 78.9 Å². The second-order valence-corrected chi connectivity index (χ2v) is 13.9. The molecule has 0 bridgehead atoms. The zero-order valence-electron chi connectivity index (χ0n) is 19.1. The lowest BCUT2D eigenvalue weighted by molar-refractivity contribution is 0.354. The topological polar surface area (TPSA) is 13.0 Å². The Labute approximate surface area is 217 Å². The summed E-state index contributed by atoms with van der Waals surface area (Å²) in [5.74, 6) is 0. The summed E-state index contributed by atoms with van der Waals surface area (Å²) in [6.07, 6.45) is -2.08. The molecule has 2 aliphatic heterocycles. The molecule has 2 fully saturated rings. The average molecular weight is 531 g/mol. The van der Waals surface area contributed by atoms with Crippen LogP contribution < -0.4 is 15.1 Å². The fourth-order valence-corrected chi connectivity index (χ4v) is 9.65. The van der Waals surface area contributed by atoms with E-state index in [0.717, 1.165) is 62.4 Å². The predicted molar refractivity (Wildman–Crippen MR) is 151 cm³/mol. The van der Waals surface area contributed by atoms with Gasteiger partial charge in [-0.05, 0) is 36.4 Å². The van der Waals surface area contributed by atoms with Gasteiger partial charge < -0.3 is 9.80 Å². The molecule has 0 N–H and O–H groups in total. The Kier molecular flexibility index (Phi) is 7.50. The van der Waals surface area contributed by atoms with Gasteiger partial charge in [-0.15, -0.1) is 0 Å². The average Bonchev–Trinajstić information content (AvgIpc) is 2.89. The highest BCUT2D eigenvalue weighted by atomic mass is 35.5. The van der Waals surface area contributed by atoms with Gasteiger partial charge in [-0.1, -0.05) is 77.5 Å². The highest BCUT2D eigenvalue weighted by Crippen LogP contribution is 2.53. The van der Waals surface area contributed by atoms with Crippen LogP contribution in [-0.2, 0) is 11.8 Å². The lowest BCUT2D eigenvalue weighted by atomic mass is 10.2. The Morgan fingerprint density at radius 3 is 1.41 bits per heavy atom. The summed E-state index contributed by atoms with van der Waals surface area (Å²) in [6, 6.07) is 27.1. The molecule has 0 unspecified atom stereocenters. The Morgan fingerprint density at radius 2 is 1.00 bits per heavy atom. The number of piperazine rings is 2. The van der Waals surface area contributed by atoms with E-state index in [1.165, 1.54) is 16.7 Å². The van der Waals surface area contributed by atoms with Gasteiger partial charge in [0.15, 0.2) is 0 Å². The molecule has 0 amide bonds. The van der Waals surface area contributed by atoms with E-state index in [1.54, 1.807) is 0 Å². The van der Waals surface area contributed by atoms with Crippen molar-refractivity contribution in [1.82, 2.24) is 9.34 Å². The third kappa shape index (κ3) is 5.02. The minimum atomic E-state index is -2.08. The molecular formula is C26H29Cl2N4PS. The van der Waals surface area contributed by atoms with Crippen LogP contribution >= 0.6 is 29.5 Å². The minimum Gasteiger partial charge on any atom is -0.369 e. The molecule has 0 radical (unpaired) electrons. The SMILES string of the molecule is S=P(c1ccccc1)(N1CCN(c2cccc(Cl)c2)CC1)N1CCN(c2cccc(Cl)c2)CC1. The second-order valence-electron chi connectivity index (χ2n) is 8.72. The number of halogens is 2. The highest BCUT2D eigenvalue weighted by molar-refractivity contribution is 8.15. The van der Waals surface area contributed by atoms with Crippen molar-refractivity contribution in [2.24, 2.45) is 0 Å². The van der Waals surface area contributed by atoms with E-state index in [1.807, 2.05) is 24.3 Å². The highest BCUT2D eigenvalue weighted by Gasteiger charge is 2.37. The lowest BCUT2D eigenvalue weighted by Gasteiger charge is -2.49. The molecule has 34 heavy (non-hydrogen) atoms. The van der Waals surface area contributed by atoms with E-state index in [0.29, 0.717) is 0 Å². The van der Waals surface area contributed by atoms with Crippen LogP contribution in [0.3, 0.4) is 0 Å². The third-order valence-corrected chi connectivity index (χ3v) is 12.5. The largest absolute Gasteiger partial charge is 0.369 e. The fraction of sp³-hybridized carbons (Fsp3) is 0.308. The smallest absolute Gasteiger partial charge is 0.107 e. The molecule has 0 atom stereocenters. The molecule has 2 heterocycles. The molecule has 3 aromatic rings. The van der Waals surface area contributed by atoms with Gasteiger partial charge in [0.2, 0.25) is 0 Å². The molecule has 3 aromatic carbocycles. The maximum atomic E-state index is 6.64. The van der Waals surface area contributed by atoms with E-state index in [4.69, 9.17) is 35.0 Å². The normalized spacial score (nSPS) is 18.3. The van der Waals surface area contributed by atoms with Crippen molar-refractivity contribution in [2.45, 2.75) is 0 Å². The Bertz CT molecular complexity index is 1090. The summed E-state index contributed by atoms with van der Waals surface area (Å²) < 4.78 is 5.18. The summed E-state index contributed by atoms with van der Waals surface area (Å²) in [7, 11) is 0. The number of nitrogens with zero attached hydrogens (tertiary/aromatic N) is 4. The van der Waals surface area contributed by atoms with E-state index in [9.17, 15) is 0 Å². The van der Waals surface area contributed by atoms with E-state index in [-0.39, 0.29) is 0 Å². The molecule has 0 spiro atoms. The van der Waals surface area contributed by atoms with Crippen LogP contribution in [0.2, 0.25) is 10.0 Å². The molecule has 0 aromatic heterocycles. The zero-order valence-corrected chi connectivity index (χ0v) is 22.3. The maximum absolute atomic E-state index is 6.64. The first-order valence-electron chi connectivity index (χ1n) is 11.7. The van der Waals surface area contributed by atoms with Gasteiger partial charge >= 0.3 is 0 Å². The van der Waals surface area contributed by atoms with Gasteiger partial charge in [-0.25, -0.2) is 0 Å². The molecule has 0 aliphatic carbocycles. The van der Waals surface area contributed by atoms with Crippen LogP contribution in [0, 0.1) is 0 Å². The summed E-state index contributed by atoms with van der Waals surface area (Å²) >= 11 is 19.1. The van der Waals surface area contributed by atoms with Crippen molar-refractivity contribution >= 4 is 58.0 Å². The molecule has 8 heteroatoms. The first-order chi connectivity index (χ1) is 16.5. The van der Waals surface area contributed by atoms with Crippen molar-refractivity contribution < 1.29 is 0 Å². The summed E-state index contributed by atoms with van der Waals surface area (Å²) in [5, 5.41) is 2.86. The molecular weight excluding hydrogens is 502 g/mol. The molecule has 2 aliphatic rings. The molecule has 4 nitrogen and oxygen atoms in total. The zero-order chi connectivity index (χ0) is 23.5. The number of benzene rings is 3. The summed E-state index contributed by atoms with van der Waals surface area (Å²) in [5.41, 5.74) is 2.38. The van der Waals surface area contributed by atoms with Gasteiger partial charge in [0, 0.05) is 79.1 Å². The van der Waals surface area contributed by atoms with Crippen LogP contribution in [0.25, 0.3) is 0 Å². The van der Waals surface area contributed by atoms with Crippen molar-refractivity contribution in [1.29, 1.82) is 0 Å². The van der Waals surface area contributed by atoms with Gasteiger partial charge in [-0.3, -0.25) is 9.34 Å². The summed E-state index contributed by atoms with van der Waals surface area (Å²) in [6.45, 7) is 7.62. The van der Waals surface area contributed by atoms with Gasteiger partial charge in [-0.2, -0.15) is 0 Å². The Balaban J connectivity index is 1.34. The standard InChI is InChI=1S/C26H29Cl2N4PS/c27-22-6-4-8-24(20-22)29-12-16-31(17-13-29)33(34,26-10-2-1-3-11-26)32-18-14-30(15-19-32)25-9-5-7-23(28)21-25/h1-11,20-21H,12-19H2. The predicted octanol–water partition coefficient (Wildman–Crippen LogP) is 5.57. The third-order valence-electron chi connectivity index (χ3n) is 6.72. The Morgan fingerprint density at radius 1 is 0.559 bits per heavy atom. The van der Waals surface area contributed by atoms with Crippen molar-refractivity contribution in [3.05, 3.63) is 88.9 Å². The lowest BCUT2D eigenvalue weighted by Crippen LogP contribution is -2.52. The van der Waals surface area contributed by atoms with Crippen LogP contribution in [-0.4, -0.2) is 61.7 Å². The van der Waals surface area contributed by atoms with Crippen LogP contribution in [0.4, 0.5) is 11.4 Å². The molecule has 5 rings (SSSR count). The fourth-order valence-electron chi connectivity index (χ4n) is 4.92. The molecule has 178 valence electrons. The maximum Gasteiger partial charge on any atom is 0.107 e. The molecule has 2 saturated heterocycles. The quantitative estimate of drug-likeness (QED) is 0.398. The van der Waals surface area contributed by atoms with Crippen LogP contribution in [0.5, 0.6) is 0 Å². The number of rotatable bonds is 5. The van der Waals surface area contributed by atoms with Gasteiger partial charge in [0.1, 0.15) is 6.34 Å². The second kappa shape index (κ2) is 10.6. The van der Waals surface area contributed by atoms with Gasteiger partial charge in [0.05, 0.1) is 0 Å². The first kappa shape index (κ1) is 24.1. The summed E-state index contributed by atoms with van der Waals surface area (Å²) in [4.78, 5) is 4.84. The van der Waals surface area contributed by atoms with Crippen molar-refractivity contribution in [3.8, 4) is 0 Å². The first-order valence-corrected chi connectivity index (χ1v) is 15.2. The van der Waals surface area contributed by atoms with E-state index < -0.39 is 6.34 Å². The van der Waals surface area contributed by atoms with Crippen molar-refractivity contribution in [2.75, 3.05) is 62.2 Å². The van der Waals surface area contributed by atoms with E-state index >= 15 is 0 Å². The van der Waals surface area contributed by atoms with Crippen molar-refractivity contribution in [3.63, 3.8) is 0 Å². The van der Waals surface area contributed by atoms with E-state index in [2.05, 4.69) is 73.7 Å². The Hall–Kier alpha value is -1.59. The molecule has 0 saturated carbocycles. The van der Waals surface area contributed by atoms with Gasteiger partial charge in [0.25, 0.3) is 0 Å². The monoisotopic (exact) mass is 530 g/mol. The van der Waals surface area contributed by atoms with Crippen LogP contribution in [0.1, 0.15) is 0 Å². The minimum absolute atomic E-state index is 0.784.